The third-order valence-corrected chi connectivity index (χ3v) is 15.0. The van der Waals surface area contributed by atoms with Crippen LogP contribution < -0.4 is 4.90 Å². The van der Waals surface area contributed by atoms with Gasteiger partial charge < -0.3 is 9.47 Å². The molecule has 2 aliphatic carbocycles. The summed E-state index contributed by atoms with van der Waals surface area (Å²) in [6.07, 6.45) is 0. The SMILES string of the molecule is C.CC1(C)c2ccccc2-c2ccc(-c3ccccc3N(c3ccccc3-c3ccc4cccc(-n5c6ccccc6c6ccccc65)c4c3)c3cccc4c3-c3ccccc3C4(C)C)cc21. The van der Waals surface area contributed by atoms with Gasteiger partial charge in [0.2, 0.25) is 0 Å². The van der Waals surface area contributed by atoms with Crippen LogP contribution in [0.2, 0.25) is 0 Å². The minimum atomic E-state index is -0.158. The van der Waals surface area contributed by atoms with Crippen LogP contribution in [0.25, 0.3) is 82.8 Å². The zero-order valence-electron chi connectivity index (χ0n) is 37.7. The monoisotopic (exact) mass is 860 g/mol. The van der Waals surface area contributed by atoms with Crippen LogP contribution in [0.15, 0.2) is 218 Å². The van der Waals surface area contributed by atoms with Crippen LogP contribution in [-0.2, 0) is 10.8 Å². The number of hydrogen-bond acceptors (Lipinski definition) is 1. The van der Waals surface area contributed by atoms with Crippen LogP contribution in [0, 0.1) is 0 Å². The number of fused-ring (bicyclic) bond motifs is 10. The number of nitrogens with zero attached hydrogens (tertiary/aromatic N) is 2. The average Bonchev–Trinajstić information content (AvgIpc) is 3.91. The van der Waals surface area contributed by atoms with Gasteiger partial charge in [-0.05, 0) is 104 Å². The molecule has 0 unspecified atom stereocenters. The Morgan fingerprint density at radius 3 is 1.51 bits per heavy atom. The third kappa shape index (κ3) is 5.89. The second kappa shape index (κ2) is 15.1. The maximum absolute atomic E-state index is 2.57. The lowest BCUT2D eigenvalue weighted by atomic mass is 9.81. The van der Waals surface area contributed by atoms with Crippen molar-refractivity contribution in [3.8, 4) is 50.2 Å². The van der Waals surface area contributed by atoms with E-state index in [4.69, 9.17) is 0 Å². The Morgan fingerprint density at radius 2 is 0.821 bits per heavy atom. The molecule has 10 aromatic carbocycles. The van der Waals surface area contributed by atoms with E-state index in [1.807, 2.05) is 0 Å². The standard InChI is InChI=1S/C64H48N2.CH4/c1-63(2)53-27-12-6-25-50(53)62-54(63)28-18-34-61(62)66(57-30-14-8-21-45(57)43-37-38-47-46-22-5-11-26-52(46)64(3,4)55(47)40-43)56-29-13-7-20-44(56)42-36-35-41-19-17-33-60(51(41)39-42)65-58-31-15-9-23-48(58)49-24-10-16-32-59(49)65;/h5-40H,1-4H3;1H4. The average molecular weight is 861 g/mol. The summed E-state index contributed by atoms with van der Waals surface area (Å²) in [7, 11) is 0. The predicted molar refractivity (Wildman–Crippen MR) is 286 cm³/mol. The molecule has 1 heterocycles. The molecule has 0 amide bonds. The summed E-state index contributed by atoms with van der Waals surface area (Å²) in [5, 5.41) is 4.94. The highest BCUT2D eigenvalue weighted by molar-refractivity contribution is 6.11. The van der Waals surface area contributed by atoms with Crippen molar-refractivity contribution >= 4 is 49.6 Å². The van der Waals surface area contributed by atoms with Crippen LogP contribution in [-0.4, -0.2) is 4.57 Å². The van der Waals surface area contributed by atoms with Crippen molar-refractivity contribution in [2.75, 3.05) is 4.90 Å². The first kappa shape index (κ1) is 40.6. The summed E-state index contributed by atoms with van der Waals surface area (Å²) in [6, 6.07) is 81.5. The zero-order chi connectivity index (χ0) is 44.3. The van der Waals surface area contributed by atoms with E-state index in [0.717, 1.165) is 11.4 Å². The summed E-state index contributed by atoms with van der Waals surface area (Å²) < 4.78 is 2.45. The van der Waals surface area contributed by atoms with E-state index < -0.39 is 0 Å². The summed E-state index contributed by atoms with van der Waals surface area (Å²) in [5.41, 5.74) is 22.2. The van der Waals surface area contributed by atoms with Gasteiger partial charge in [0.15, 0.2) is 0 Å². The Balaban J connectivity index is 0.00000468. The molecule has 322 valence electrons. The van der Waals surface area contributed by atoms with E-state index in [2.05, 4.69) is 256 Å². The van der Waals surface area contributed by atoms with Crippen molar-refractivity contribution < 1.29 is 0 Å². The molecule has 0 spiro atoms. The van der Waals surface area contributed by atoms with Crippen LogP contribution in [0.1, 0.15) is 57.4 Å². The molecule has 1 aromatic heterocycles. The van der Waals surface area contributed by atoms with E-state index >= 15 is 0 Å². The Hall–Kier alpha value is -7.94. The molecule has 0 saturated carbocycles. The molecule has 0 N–H and O–H groups in total. The third-order valence-electron chi connectivity index (χ3n) is 15.0. The quantitative estimate of drug-likeness (QED) is 0.162. The zero-order valence-corrected chi connectivity index (χ0v) is 37.7. The van der Waals surface area contributed by atoms with E-state index in [-0.39, 0.29) is 18.3 Å². The Kier molecular flexibility index (Phi) is 9.11. The minimum absolute atomic E-state index is 0. The number of para-hydroxylation sites is 4. The molecule has 0 aliphatic heterocycles. The van der Waals surface area contributed by atoms with Crippen LogP contribution in [0.5, 0.6) is 0 Å². The molecule has 13 rings (SSSR count). The second-order valence-electron chi connectivity index (χ2n) is 19.3. The summed E-state index contributed by atoms with van der Waals surface area (Å²) in [6.45, 7) is 9.50. The lowest BCUT2D eigenvalue weighted by Gasteiger charge is -2.32. The molecule has 0 bridgehead atoms. The van der Waals surface area contributed by atoms with Gasteiger partial charge in [-0.15, -0.1) is 0 Å². The molecule has 0 saturated heterocycles. The van der Waals surface area contributed by atoms with Gasteiger partial charge in [-0.1, -0.05) is 205 Å². The minimum Gasteiger partial charge on any atom is -0.309 e. The Morgan fingerprint density at radius 1 is 0.343 bits per heavy atom. The van der Waals surface area contributed by atoms with Gasteiger partial charge in [0.1, 0.15) is 0 Å². The summed E-state index contributed by atoms with van der Waals surface area (Å²) >= 11 is 0. The summed E-state index contributed by atoms with van der Waals surface area (Å²) in [5.74, 6) is 0. The van der Waals surface area contributed by atoms with Crippen molar-refractivity contribution in [3.05, 3.63) is 241 Å². The normalized spacial score (nSPS) is 13.8. The molecule has 2 aliphatic rings. The first-order chi connectivity index (χ1) is 32.3. The molecule has 0 atom stereocenters. The molecular weight excluding hydrogens is 809 g/mol. The fraction of sp³-hybridized carbons (Fsp3) is 0.108. The lowest BCUT2D eigenvalue weighted by Crippen LogP contribution is -2.17. The first-order valence-corrected chi connectivity index (χ1v) is 23.3. The van der Waals surface area contributed by atoms with Crippen molar-refractivity contribution in [1.82, 2.24) is 4.57 Å². The smallest absolute Gasteiger partial charge is 0.0543 e. The molecule has 11 aromatic rings. The maximum atomic E-state index is 2.57. The highest BCUT2D eigenvalue weighted by atomic mass is 15.2. The highest BCUT2D eigenvalue weighted by Crippen LogP contribution is 2.56. The fourth-order valence-electron chi connectivity index (χ4n) is 11.8. The lowest BCUT2D eigenvalue weighted by molar-refractivity contribution is 0.660. The number of rotatable bonds is 6. The number of hydrogen-bond donors (Lipinski definition) is 0. The highest BCUT2D eigenvalue weighted by Gasteiger charge is 2.39. The first-order valence-electron chi connectivity index (χ1n) is 23.3. The maximum Gasteiger partial charge on any atom is 0.0543 e. The molecule has 0 fully saturated rings. The molecule has 67 heavy (non-hydrogen) atoms. The predicted octanol–water partition coefficient (Wildman–Crippen LogP) is 18.0. The molecule has 2 heteroatoms. The summed E-state index contributed by atoms with van der Waals surface area (Å²) in [4.78, 5) is 2.57. The number of benzene rings is 10. The van der Waals surface area contributed by atoms with Crippen LogP contribution in [0.3, 0.4) is 0 Å². The van der Waals surface area contributed by atoms with Crippen molar-refractivity contribution in [3.63, 3.8) is 0 Å². The van der Waals surface area contributed by atoms with E-state index in [1.165, 1.54) is 111 Å². The van der Waals surface area contributed by atoms with Crippen molar-refractivity contribution in [2.45, 2.75) is 46.0 Å². The van der Waals surface area contributed by atoms with Gasteiger partial charge >= 0.3 is 0 Å². The molecular formula is C65H52N2. The number of anilines is 3. The van der Waals surface area contributed by atoms with Crippen molar-refractivity contribution in [1.29, 1.82) is 0 Å². The van der Waals surface area contributed by atoms with E-state index in [9.17, 15) is 0 Å². The van der Waals surface area contributed by atoms with Gasteiger partial charge in [0, 0.05) is 43.7 Å². The largest absolute Gasteiger partial charge is 0.309 e. The topological polar surface area (TPSA) is 8.17 Å². The molecule has 0 radical (unpaired) electrons. The Labute approximate surface area is 394 Å². The van der Waals surface area contributed by atoms with Gasteiger partial charge in [-0.3, -0.25) is 0 Å². The van der Waals surface area contributed by atoms with E-state index in [0.29, 0.717) is 0 Å². The molecule has 2 nitrogen and oxygen atoms in total. The Bertz CT molecular complexity index is 3730. The van der Waals surface area contributed by atoms with E-state index in [1.54, 1.807) is 0 Å². The van der Waals surface area contributed by atoms with Gasteiger partial charge in [-0.25, -0.2) is 0 Å². The van der Waals surface area contributed by atoms with Gasteiger partial charge in [-0.2, -0.15) is 0 Å². The van der Waals surface area contributed by atoms with Crippen LogP contribution >= 0.6 is 0 Å². The van der Waals surface area contributed by atoms with Crippen molar-refractivity contribution in [2.24, 2.45) is 0 Å². The second-order valence-corrected chi connectivity index (χ2v) is 19.3. The van der Waals surface area contributed by atoms with Gasteiger partial charge in [0.25, 0.3) is 0 Å². The van der Waals surface area contributed by atoms with Crippen LogP contribution in [0.4, 0.5) is 17.1 Å². The van der Waals surface area contributed by atoms with Gasteiger partial charge in [0.05, 0.1) is 33.8 Å². The fourth-order valence-corrected chi connectivity index (χ4v) is 11.8. The number of aromatic nitrogens is 1.